The average Bonchev–Trinajstić information content (AvgIpc) is 2.78. The number of ether oxygens (including phenoxy) is 1. The van der Waals surface area contributed by atoms with E-state index in [9.17, 15) is 9.59 Å². The van der Waals surface area contributed by atoms with Gasteiger partial charge in [-0.05, 0) is 37.6 Å². The quantitative estimate of drug-likeness (QED) is 0.873. The van der Waals surface area contributed by atoms with Crippen LogP contribution in [-0.2, 0) is 4.74 Å². The highest BCUT2D eigenvalue weighted by atomic mass is 16.5. The zero-order valence-electron chi connectivity index (χ0n) is 11.5. The summed E-state index contributed by atoms with van der Waals surface area (Å²) in [6, 6.07) is 8.29. The number of carbonyl (C=O) groups excluding carboxylic acids is 2. The largest absolute Gasteiger partial charge is 0.465 e. The fourth-order valence-electron chi connectivity index (χ4n) is 1.75. The van der Waals surface area contributed by atoms with Crippen LogP contribution in [0.1, 0.15) is 32.2 Å². The minimum atomic E-state index is -0.507. The van der Waals surface area contributed by atoms with Gasteiger partial charge in [-0.1, -0.05) is 12.1 Å². The normalized spacial score (nSPS) is 10.2. The maximum atomic E-state index is 12.1. The Morgan fingerprint density at radius 1 is 1.20 bits per heavy atom. The zero-order chi connectivity index (χ0) is 14.7. The predicted molar refractivity (Wildman–Crippen MR) is 73.9 cm³/mol. The molecular formula is C15H15NO4. The molecule has 2 aromatic rings. The Bertz CT molecular complexity index is 638. The predicted octanol–water partition coefficient (Wildman–Crippen LogP) is 2.94. The lowest BCUT2D eigenvalue weighted by atomic mass is 10.1. The van der Waals surface area contributed by atoms with Gasteiger partial charge >= 0.3 is 5.97 Å². The first-order chi connectivity index (χ1) is 9.52. The Morgan fingerprint density at radius 3 is 2.50 bits per heavy atom. The van der Waals surface area contributed by atoms with Gasteiger partial charge in [0.25, 0.3) is 5.91 Å². The number of carbonyl (C=O) groups is 2. The van der Waals surface area contributed by atoms with Crippen LogP contribution in [0.2, 0.25) is 0 Å². The number of esters is 1. The number of para-hydroxylation sites is 1. The summed E-state index contributed by atoms with van der Waals surface area (Å²) in [7, 11) is 1.29. The molecule has 0 saturated heterocycles. The molecule has 0 aliphatic rings. The van der Waals surface area contributed by atoms with E-state index in [0.717, 1.165) is 5.56 Å². The van der Waals surface area contributed by atoms with Gasteiger partial charge in [-0.25, -0.2) is 4.79 Å². The van der Waals surface area contributed by atoms with E-state index in [4.69, 9.17) is 4.42 Å². The smallest absolute Gasteiger partial charge is 0.339 e. The number of anilines is 1. The zero-order valence-corrected chi connectivity index (χ0v) is 11.5. The van der Waals surface area contributed by atoms with Gasteiger partial charge in [0.15, 0.2) is 5.76 Å². The van der Waals surface area contributed by atoms with Gasteiger partial charge in [0.1, 0.15) is 5.76 Å². The molecule has 20 heavy (non-hydrogen) atoms. The third kappa shape index (κ3) is 2.71. The number of hydrogen-bond donors (Lipinski definition) is 1. The Hall–Kier alpha value is -2.56. The van der Waals surface area contributed by atoms with Gasteiger partial charge in [-0.3, -0.25) is 4.79 Å². The van der Waals surface area contributed by atoms with Crippen molar-refractivity contribution in [2.75, 3.05) is 12.4 Å². The summed E-state index contributed by atoms with van der Waals surface area (Å²) in [6.07, 6.45) is 0. The van der Waals surface area contributed by atoms with E-state index in [1.807, 2.05) is 6.92 Å². The molecule has 0 atom stereocenters. The monoisotopic (exact) mass is 273 g/mol. The first kappa shape index (κ1) is 13.9. The Balaban J connectivity index is 2.26. The van der Waals surface area contributed by atoms with Gasteiger partial charge in [0.05, 0.1) is 18.4 Å². The van der Waals surface area contributed by atoms with Crippen LogP contribution in [-0.4, -0.2) is 19.0 Å². The minimum absolute atomic E-state index is 0.208. The SMILES string of the molecule is COC(=O)c1ccccc1NC(=O)c1cc(C)c(C)o1. The highest BCUT2D eigenvalue weighted by molar-refractivity contribution is 6.06. The van der Waals surface area contributed by atoms with Crippen molar-refractivity contribution in [2.24, 2.45) is 0 Å². The molecule has 1 aromatic carbocycles. The highest BCUT2D eigenvalue weighted by Crippen LogP contribution is 2.19. The highest BCUT2D eigenvalue weighted by Gasteiger charge is 2.17. The van der Waals surface area contributed by atoms with E-state index in [0.29, 0.717) is 17.0 Å². The molecular weight excluding hydrogens is 258 g/mol. The molecule has 0 saturated carbocycles. The third-order valence-corrected chi connectivity index (χ3v) is 2.97. The Labute approximate surface area is 116 Å². The maximum absolute atomic E-state index is 12.1. The van der Waals surface area contributed by atoms with E-state index in [1.165, 1.54) is 7.11 Å². The molecule has 2 rings (SSSR count). The summed E-state index contributed by atoms with van der Waals surface area (Å²) in [6.45, 7) is 3.65. The second-order valence-electron chi connectivity index (χ2n) is 4.34. The van der Waals surface area contributed by atoms with Crippen molar-refractivity contribution >= 4 is 17.6 Å². The van der Waals surface area contributed by atoms with Crippen molar-refractivity contribution in [3.63, 3.8) is 0 Å². The second kappa shape index (κ2) is 5.61. The summed E-state index contributed by atoms with van der Waals surface area (Å²) in [5, 5.41) is 2.65. The van der Waals surface area contributed by atoms with Gasteiger partial charge in [-0.15, -0.1) is 0 Å². The van der Waals surface area contributed by atoms with Gasteiger partial charge in [0, 0.05) is 0 Å². The molecule has 0 radical (unpaired) electrons. The van der Waals surface area contributed by atoms with E-state index in [-0.39, 0.29) is 5.76 Å². The van der Waals surface area contributed by atoms with Crippen LogP contribution in [0.15, 0.2) is 34.7 Å². The Kier molecular flexibility index (Phi) is 3.89. The fraction of sp³-hybridized carbons (Fsp3) is 0.200. The number of aryl methyl sites for hydroxylation is 2. The average molecular weight is 273 g/mol. The molecule has 0 unspecified atom stereocenters. The molecule has 5 nitrogen and oxygen atoms in total. The van der Waals surface area contributed by atoms with E-state index in [2.05, 4.69) is 10.1 Å². The summed E-state index contributed by atoms with van der Waals surface area (Å²) in [5.74, 6) is -0.0127. The Morgan fingerprint density at radius 2 is 1.90 bits per heavy atom. The van der Waals surface area contributed by atoms with Gasteiger partial charge in [0.2, 0.25) is 0 Å². The molecule has 0 aliphatic heterocycles. The van der Waals surface area contributed by atoms with Crippen molar-refractivity contribution in [1.82, 2.24) is 0 Å². The summed E-state index contributed by atoms with van der Waals surface area (Å²) in [4.78, 5) is 23.7. The lowest BCUT2D eigenvalue weighted by Crippen LogP contribution is -2.14. The molecule has 1 aromatic heterocycles. The molecule has 0 spiro atoms. The number of nitrogens with one attached hydrogen (secondary N) is 1. The second-order valence-corrected chi connectivity index (χ2v) is 4.34. The van der Waals surface area contributed by atoms with Crippen LogP contribution >= 0.6 is 0 Å². The summed E-state index contributed by atoms with van der Waals surface area (Å²) >= 11 is 0. The first-order valence-electron chi connectivity index (χ1n) is 6.08. The van der Waals surface area contributed by atoms with E-state index in [1.54, 1.807) is 37.3 Å². The van der Waals surface area contributed by atoms with Crippen LogP contribution < -0.4 is 5.32 Å². The molecule has 5 heteroatoms. The van der Waals surface area contributed by atoms with Crippen molar-refractivity contribution in [1.29, 1.82) is 0 Å². The van der Waals surface area contributed by atoms with Gasteiger partial charge in [-0.2, -0.15) is 0 Å². The van der Waals surface area contributed by atoms with Crippen LogP contribution in [0.5, 0.6) is 0 Å². The van der Waals surface area contributed by atoms with Crippen LogP contribution in [0, 0.1) is 13.8 Å². The maximum Gasteiger partial charge on any atom is 0.339 e. The fourth-order valence-corrected chi connectivity index (χ4v) is 1.75. The molecule has 1 N–H and O–H groups in total. The van der Waals surface area contributed by atoms with Crippen molar-refractivity contribution in [3.8, 4) is 0 Å². The topological polar surface area (TPSA) is 68.5 Å². The van der Waals surface area contributed by atoms with Crippen LogP contribution in [0.25, 0.3) is 0 Å². The summed E-state index contributed by atoms with van der Waals surface area (Å²) < 4.78 is 10.0. The molecule has 0 aliphatic carbocycles. The molecule has 1 heterocycles. The standard InChI is InChI=1S/C15H15NO4/c1-9-8-13(20-10(9)2)14(17)16-12-7-5-4-6-11(12)15(18)19-3/h4-8H,1-3H3,(H,16,17). The van der Waals surface area contributed by atoms with E-state index >= 15 is 0 Å². The molecule has 0 fully saturated rings. The summed E-state index contributed by atoms with van der Waals surface area (Å²) in [5.41, 5.74) is 1.58. The number of hydrogen-bond acceptors (Lipinski definition) is 4. The van der Waals surface area contributed by atoms with Gasteiger partial charge < -0.3 is 14.5 Å². The minimum Gasteiger partial charge on any atom is -0.465 e. The van der Waals surface area contributed by atoms with Crippen molar-refractivity contribution in [3.05, 3.63) is 53.0 Å². The van der Waals surface area contributed by atoms with Crippen LogP contribution in [0.4, 0.5) is 5.69 Å². The van der Waals surface area contributed by atoms with Crippen LogP contribution in [0.3, 0.4) is 0 Å². The number of benzene rings is 1. The lowest BCUT2D eigenvalue weighted by Gasteiger charge is -2.08. The number of methoxy groups -OCH3 is 1. The number of rotatable bonds is 3. The number of amides is 1. The van der Waals surface area contributed by atoms with Crippen molar-refractivity contribution < 1.29 is 18.7 Å². The lowest BCUT2D eigenvalue weighted by molar-refractivity contribution is 0.0602. The third-order valence-electron chi connectivity index (χ3n) is 2.97. The molecule has 0 bridgehead atoms. The number of furan rings is 1. The molecule has 1 amide bonds. The van der Waals surface area contributed by atoms with Crippen molar-refractivity contribution in [2.45, 2.75) is 13.8 Å². The van der Waals surface area contributed by atoms with E-state index < -0.39 is 11.9 Å². The first-order valence-corrected chi connectivity index (χ1v) is 6.08. The molecule has 104 valence electrons.